The number of anilines is 1. The average molecular weight is 761 g/mol. The molecule has 0 saturated carbocycles. The number of aromatic nitrogens is 5. The van der Waals surface area contributed by atoms with E-state index in [0.29, 0.717) is 76.0 Å². The molecule has 4 aromatic heterocycles. The summed E-state index contributed by atoms with van der Waals surface area (Å²) in [5.74, 6) is 0.514. The lowest BCUT2D eigenvalue weighted by atomic mass is 10.1. The second-order valence-corrected chi connectivity index (χ2v) is 15.1. The van der Waals surface area contributed by atoms with Crippen molar-refractivity contribution < 1.29 is 14.3 Å². The van der Waals surface area contributed by atoms with Crippen molar-refractivity contribution in [2.75, 3.05) is 25.5 Å². The number of ether oxygens (including phenoxy) is 1. The molecule has 6 heterocycles. The summed E-state index contributed by atoms with van der Waals surface area (Å²) in [4.78, 5) is 47.4. The fourth-order valence-electron chi connectivity index (χ4n) is 6.80. The highest BCUT2D eigenvalue weighted by Gasteiger charge is 2.27. The highest BCUT2D eigenvalue weighted by molar-refractivity contribution is 7.11. The van der Waals surface area contributed by atoms with Gasteiger partial charge in [0.25, 0.3) is 5.91 Å². The van der Waals surface area contributed by atoms with E-state index in [4.69, 9.17) is 37.9 Å². The second-order valence-electron chi connectivity index (χ2n) is 13.0. The first-order valence-corrected chi connectivity index (χ1v) is 18.7. The molecule has 0 bridgehead atoms. The fourth-order valence-corrected chi connectivity index (χ4v) is 8.36. The number of nitrogens with zero attached hydrogens (tertiary/aromatic N) is 6. The van der Waals surface area contributed by atoms with Gasteiger partial charge < -0.3 is 25.3 Å². The Kier molecular flexibility index (Phi) is 10.6. The first kappa shape index (κ1) is 36.0. The molecule has 0 spiro atoms. The standard InChI is InChI=1S/C37H39Cl2N9O3S/c1-20-30(52-21(2)42-20)19-48-15-13-29-28(18-48)44-35(47(29)3)36(50)45-27-7-5-6-25(32(27)38)34-33(39)24(12-14-41-34)26-10-8-22(37(46-26)51-4)16-40-17-23-9-11-31(49)43-23/h5-8,10,12,14,23,40H,9,11,13,15-19H2,1-4H3,(H,43,49)(H,45,50). The number of pyridine rings is 2. The zero-order valence-electron chi connectivity index (χ0n) is 29.3. The summed E-state index contributed by atoms with van der Waals surface area (Å²) in [6.45, 7) is 7.60. The summed E-state index contributed by atoms with van der Waals surface area (Å²) in [6, 6.07) is 11.1. The van der Waals surface area contributed by atoms with Crippen LogP contribution in [-0.2, 0) is 37.9 Å². The molecule has 1 saturated heterocycles. The zero-order valence-corrected chi connectivity index (χ0v) is 31.7. The number of benzene rings is 1. The molecule has 1 atom stereocenters. The van der Waals surface area contributed by atoms with E-state index >= 15 is 0 Å². The molecule has 12 nitrogen and oxygen atoms in total. The molecule has 2 aliphatic rings. The summed E-state index contributed by atoms with van der Waals surface area (Å²) in [6.07, 6.45) is 3.83. The van der Waals surface area contributed by atoms with Gasteiger partial charge in [-0.25, -0.2) is 15.0 Å². The lowest BCUT2D eigenvalue weighted by Gasteiger charge is -2.26. The van der Waals surface area contributed by atoms with Gasteiger partial charge in [0.2, 0.25) is 11.8 Å². The number of nitrogens with one attached hydrogen (secondary N) is 3. The minimum absolute atomic E-state index is 0.0883. The molecule has 15 heteroatoms. The molecule has 0 radical (unpaired) electrons. The quantitative estimate of drug-likeness (QED) is 0.146. The van der Waals surface area contributed by atoms with Crippen LogP contribution in [0.25, 0.3) is 22.5 Å². The topological polar surface area (TPSA) is 139 Å². The largest absolute Gasteiger partial charge is 0.481 e. The Bertz CT molecular complexity index is 2170. The van der Waals surface area contributed by atoms with Crippen LogP contribution < -0.4 is 20.7 Å². The maximum absolute atomic E-state index is 13.7. The smallest absolute Gasteiger partial charge is 0.291 e. The summed E-state index contributed by atoms with van der Waals surface area (Å²) >= 11 is 15.7. The third-order valence-electron chi connectivity index (χ3n) is 9.50. The number of hydrogen-bond acceptors (Lipinski definition) is 10. The van der Waals surface area contributed by atoms with Gasteiger partial charge in [-0.15, -0.1) is 11.3 Å². The maximum atomic E-state index is 13.7. The van der Waals surface area contributed by atoms with Gasteiger partial charge in [-0.3, -0.25) is 19.5 Å². The molecule has 2 amide bonds. The van der Waals surface area contributed by atoms with E-state index in [9.17, 15) is 9.59 Å². The van der Waals surface area contributed by atoms with Crippen LogP contribution in [0, 0.1) is 13.8 Å². The predicted octanol–water partition coefficient (Wildman–Crippen LogP) is 6.11. The summed E-state index contributed by atoms with van der Waals surface area (Å²) in [7, 11) is 3.45. The van der Waals surface area contributed by atoms with E-state index in [0.717, 1.165) is 53.6 Å². The van der Waals surface area contributed by atoms with Crippen LogP contribution in [0.2, 0.25) is 10.0 Å². The molecule has 52 heavy (non-hydrogen) atoms. The van der Waals surface area contributed by atoms with E-state index < -0.39 is 0 Å². The van der Waals surface area contributed by atoms with E-state index in [1.165, 1.54) is 4.88 Å². The van der Waals surface area contributed by atoms with Gasteiger partial charge in [-0.1, -0.05) is 41.4 Å². The van der Waals surface area contributed by atoms with Gasteiger partial charge in [0.05, 0.1) is 50.6 Å². The van der Waals surface area contributed by atoms with E-state index in [1.807, 2.05) is 43.7 Å². The lowest BCUT2D eigenvalue weighted by molar-refractivity contribution is -0.119. The number of thiazole rings is 1. The molecule has 0 aliphatic carbocycles. The normalized spacial score (nSPS) is 15.8. The second kappa shape index (κ2) is 15.3. The average Bonchev–Trinajstić information content (AvgIpc) is 3.80. The van der Waals surface area contributed by atoms with Gasteiger partial charge >= 0.3 is 0 Å². The van der Waals surface area contributed by atoms with Crippen LogP contribution in [0.5, 0.6) is 5.88 Å². The third-order valence-corrected chi connectivity index (χ3v) is 11.3. The molecule has 7 rings (SSSR count). The number of carbonyl (C=O) groups is 2. The molecular weight excluding hydrogens is 721 g/mol. The van der Waals surface area contributed by atoms with Gasteiger partial charge in [0, 0.05) is 92.1 Å². The van der Waals surface area contributed by atoms with Crippen LogP contribution in [-0.4, -0.2) is 67.5 Å². The number of halogens is 2. The number of amides is 2. The van der Waals surface area contributed by atoms with Gasteiger partial charge in [0.1, 0.15) is 0 Å². The Labute approximate surface area is 316 Å². The number of imidazole rings is 1. The molecule has 270 valence electrons. The Morgan fingerprint density at radius 3 is 2.67 bits per heavy atom. The van der Waals surface area contributed by atoms with E-state index in [2.05, 4.69) is 30.8 Å². The lowest BCUT2D eigenvalue weighted by Crippen LogP contribution is -2.35. The van der Waals surface area contributed by atoms with E-state index in [-0.39, 0.29) is 17.9 Å². The number of hydrogen-bond donors (Lipinski definition) is 3. The van der Waals surface area contributed by atoms with Crippen molar-refractivity contribution in [3.63, 3.8) is 0 Å². The van der Waals surface area contributed by atoms with Crippen LogP contribution in [0.1, 0.15) is 56.0 Å². The summed E-state index contributed by atoms with van der Waals surface area (Å²) < 4.78 is 7.50. The van der Waals surface area contributed by atoms with Crippen molar-refractivity contribution >= 4 is 52.0 Å². The number of fused-ring (bicyclic) bond motifs is 1. The minimum Gasteiger partial charge on any atom is -0.481 e. The number of carbonyl (C=O) groups excluding carboxylic acids is 2. The van der Waals surface area contributed by atoms with Gasteiger partial charge in [-0.05, 0) is 38.5 Å². The summed E-state index contributed by atoms with van der Waals surface area (Å²) in [5.41, 5.74) is 6.58. The monoisotopic (exact) mass is 759 g/mol. The molecule has 1 unspecified atom stereocenters. The zero-order chi connectivity index (χ0) is 36.5. The Hall–Kier alpha value is -4.40. The van der Waals surface area contributed by atoms with Crippen LogP contribution >= 0.6 is 34.5 Å². The molecule has 1 fully saturated rings. The molecule has 3 N–H and O–H groups in total. The number of methoxy groups -OCH3 is 1. The SMILES string of the molecule is COc1nc(-c2ccnc(-c3cccc(NC(=O)c4nc5c(n4C)CCN(Cc4sc(C)nc4C)C5)c3Cl)c2Cl)ccc1CNCC1CCC(=O)N1. The number of aryl methyl sites for hydroxylation is 2. The predicted molar refractivity (Wildman–Crippen MR) is 203 cm³/mol. The van der Waals surface area contributed by atoms with Crippen LogP contribution in [0.15, 0.2) is 42.6 Å². The van der Waals surface area contributed by atoms with Crippen molar-refractivity contribution in [1.82, 2.24) is 40.0 Å². The maximum Gasteiger partial charge on any atom is 0.291 e. The molecule has 1 aromatic carbocycles. The Morgan fingerprint density at radius 2 is 1.92 bits per heavy atom. The first-order valence-electron chi connectivity index (χ1n) is 17.1. The van der Waals surface area contributed by atoms with E-state index in [1.54, 1.807) is 42.8 Å². The fraction of sp³-hybridized carbons (Fsp3) is 0.351. The van der Waals surface area contributed by atoms with Crippen molar-refractivity contribution in [1.29, 1.82) is 0 Å². The minimum atomic E-state index is -0.358. The summed E-state index contributed by atoms with van der Waals surface area (Å²) in [5, 5.41) is 11.0. The van der Waals surface area contributed by atoms with Crippen molar-refractivity contribution in [2.45, 2.75) is 58.8 Å². The molecule has 2 aliphatic heterocycles. The molecular formula is C37H39Cl2N9O3S. The van der Waals surface area contributed by atoms with Crippen LogP contribution in [0.4, 0.5) is 5.69 Å². The van der Waals surface area contributed by atoms with Crippen LogP contribution in [0.3, 0.4) is 0 Å². The first-order chi connectivity index (χ1) is 25.1. The van der Waals surface area contributed by atoms with Gasteiger partial charge in [0.15, 0.2) is 5.82 Å². The third kappa shape index (κ3) is 7.42. The molecule has 5 aromatic rings. The van der Waals surface area contributed by atoms with Gasteiger partial charge in [-0.2, -0.15) is 0 Å². The Morgan fingerprint density at radius 1 is 1.08 bits per heavy atom. The Balaban J connectivity index is 1.07. The number of rotatable bonds is 11. The van der Waals surface area contributed by atoms with Crippen molar-refractivity contribution in [3.8, 4) is 28.4 Å². The highest BCUT2D eigenvalue weighted by atomic mass is 35.5. The van der Waals surface area contributed by atoms with Crippen molar-refractivity contribution in [2.24, 2.45) is 7.05 Å². The van der Waals surface area contributed by atoms with Crippen molar-refractivity contribution in [3.05, 3.63) is 91.0 Å². The highest BCUT2D eigenvalue weighted by Crippen LogP contribution is 2.40.